The smallest absolute Gasteiger partial charge is 0.0512 e. The molecule has 1 N–H and O–H groups in total. The van der Waals surface area contributed by atoms with E-state index in [0.717, 1.165) is 11.0 Å². The van der Waals surface area contributed by atoms with E-state index in [1.165, 1.54) is 5.56 Å². The van der Waals surface area contributed by atoms with Gasteiger partial charge in [0.25, 0.3) is 0 Å². The molecule has 0 aromatic heterocycles. The maximum Gasteiger partial charge on any atom is 0.0512 e. The van der Waals surface area contributed by atoms with Crippen LogP contribution in [0.3, 0.4) is 0 Å². The highest BCUT2D eigenvalue weighted by molar-refractivity contribution is 9.10. The first kappa shape index (κ1) is 11.7. The topological polar surface area (TPSA) is 23.5 Å². The van der Waals surface area contributed by atoms with Crippen molar-refractivity contribution < 1.29 is 5.11 Å². The number of rotatable bonds is 4. The third-order valence-corrected chi connectivity index (χ3v) is 2.68. The molecule has 0 heterocycles. The summed E-state index contributed by atoms with van der Waals surface area (Å²) in [7, 11) is 4.03. The lowest BCUT2D eigenvalue weighted by Gasteiger charge is -2.19. The summed E-state index contributed by atoms with van der Waals surface area (Å²) in [6.45, 7) is 1.07. The van der Waals surface area contributed by atoms with Crippen molar-refractivity contribution >= 4 is 15.9 Å². The summed E-state index contributed by atoms with van der Waals surface area (Å²) in [5.74, 6) is 0.207. The molecular weight excluding hydrogens is 242 g/mol. The van der Waals surface area contributed by atoms with Crippen LogP contribution in [0.2, 0.25) is 0 Å². The lowest BCUT2D eigenvalue weighted by molar-refractivity contribution is 0.235. The van der Waals surface area contributed by atoms with Gasteiger partial charge in [0.1, 0.15) is 0 Å². The minimum atomic E-state index is 0.194. The van der Waals surface area contributed by atoms with Gasteiger partial charge in [0.15, 0.2) is 0 Å². The number of aliphatic hydroxyl groups is 1. The fraction of sp³-hybridized carbons (Fsp3) is 0.455. The molecule has 0 fully saturated rings. The van der Waals surface area contributed by atoms with Gasteiger partial charge in [0.2, 0.25) is 0 Å². The van der Waals surface area contributed by atoms with Crippen molar-refractivity contribution in [1.82, 2.24) is 4.90 Å². The van der Waals surface area contributed by atoms with Crippen LogP contribution in [0.1, 0.15) is 11.5 Å². The fourth-order valence-electron chi connectivity index (χ4n) is 1.44. The van der Waals surface area contributed by atoms with Crippen molar-refractivity contribution in [2.24, 2.45) is 0 Å². The maximum atomic E-state index is 9.26. The molecular formula is C11H16BrNO. The Labute approximate surface area is 93.7 Å². The van der Waals surface area contributed by atoms with Crippen molar-refractivity contribution in [2.45, 2.75) is 5.92 Å². The molecule has 0 saturated heterocycles. The molecule has 0 saturated carbocycles. The molecule has 1 aromatic rings. The second-order valence-corrected chi connectivity index (χ2v) is 4.61. The van der Waals surface area contributed by atoms with Crippen molar-refractivity contribution in [2.75, 3.05) is 27.2 Å². The van der Waals surface area contributed by atoms with Crippen LogP contribution in [0.5, 0.6) is 0 Å². The average Bonchev–Trinajstić information content (AvgIpc) is 2.15. The zero-order valence-electron chi connectivity index (χ0n) is 8.57. The van der Waals surface area contributed by atoms with Crippen LogP contribution in [-0.2, 0) is 0 Å². The zero-order chi connectivity index (χ0) is 10.6. The number of likely N-dealkylation sites (N-methyl/N-ethyl adjacent to an activating group) is 1. The Morgan fingerprint density at radius 2 is 1.86 bits per heavy atom. The third kappa shape index (κ3) is 3.40. The molecule has 0 radical (unpaired) electrons. The van der Waals surface area contributed by atoms with E-state index in [0.29, 0.717) is 0 Å². The molecule has 0 spiro atoms. The molecule has 2 nitrogen and oxygen atoms in total. The second-order valence-electron chi connectivity index (χ2n) is 3.69. The van der Waals surface area contributed by atoms with E-state index in [4.69, 9.17) is 0 Å². The van der Waals surface area contributed by atoms with Crippen LogP contribution in [0, 0.1) is 0 Å². The van der Waals surface area contributed by atoms with Gasteiger partial charge in [-0.15, -0.1) is 0 Å². The van der Waals surface area contributed by atoms with Crippen molar-refractivity contribution in [3.8, 4) is 0 Å². The molecule has 0 amide bonds. The first-order valence-electron chi connectivity index (χ1n) is 4.64. The van der Waals surface area contributed by atoms with Gasteiger partial charge in [-0.25, -0.2) is 0 Å². The molecule has 1 atom stereocenters. The van der Waals surface area contributed by atoms with Crippen LogP contribution in [0.15, 0.2) is 28.7 Å². The van der Waals surface area contributed by atoms with E-state index in [1.54, 1.807) is 0 Å². The van der Waals surface area contributed by atoms with Gasteiger partial charge in [0.05, 0.1) is 6.61 Å². The van der Waals surface area contributed by atoms with Crippen molar-refractivity contribution in [3.63, 3.8) is 0 Å². The normalized spacial score (nSPS) is 13.2. The summed E-state index contributed by atoms with van der Waals surface area (Å²) >= 11 is 3.39. The lowest BCUT2D eigenvalue weighted by Crippen LogP contribution is -2.22. The lowest BCUT2D eigenvalue weighted by atomic mass is 10.00. The van der Waals surface area contributed by atoms with Crippen LogP contribution in [0.4, 0.5) is 0 Å². The number of halogens is 1. The molecule has 0 bridgehead atoms. The van der Waals surface area contributed by atoms with Crippen LogP contribution >= 0.6 is 15.9 Å². The molecule has 1 rings (SSSR count). The van der Waals surface area contributed by atoms with E-state index in [2.05, 4.69) is 33.0 Å². The minimum Gasteiger partial charge on any atom is -0.396 e. The largest absolute Gasteiger partial charge is 0.396 e. The van der Waals surface area contributed by atoms with E-state index in [9.17, 15) is 5.11 Å². The van der Waals surface area contributed by atoms with Gasteiger partial charge in [0, 0.05) is 16.9 Å². The van der Waals surface area contributed by atoms with Crippen LogP contribution in [-0.4, -0.2) is 37.3 Å². The third-order valence-electron chi connectivity index (χ3n) is 2.15. The molecule has 0 aliphatic rings. The van der Waals surface area contributed by atoms with Crippen LogP contribution in [0.25, 0.3) is 0 Å². The van der Waals surface area contributed by atoms with Gasteiger partial charge in [-0.2, -0.15) is 0 Å². The first-order chi connectivity index (χ1) is 6.63. The average molecular weight is 258 g/mol. The van der Waals surface area contributed by atoms with E-state index >= 15 is 0 Å². The molecule has 1 aromatic carbocycles. The molecule has 78 valence electrons. The summed E-state index contributed by atoms with van der Waals surface area (Å²) in [5, 5.41) is 9.26. The standard InChI is InChI=1S/C11H16BrNO/c1-13(2)7-10(8-14)9-3-5-11(12)6-4-9/h3-6,10,14H,7-8H2,1-2H3. The fourth-order valence-corrected chi connectivity index (χ4v) is 1.71. The molecule has 3 heteroatoms. The Balaban J connectivity index is 2.73. The Hall–Kier alpha value is -0.380. The number of benzene rings is 1. The molecule has 1 unspecified atom stereocenters. The van der Waals surface area contributed by atoms with Gasteiger partial charge in [-0.3, -0.25) is 0 Å². The molecule has 0 aliphatic carbocycles. The van der Waals surface area contributed by atoms with Crippen molar-refractivity contribution in [1.29, 1.82) is 0 Å². The maximum absolute atomic E-state index is 9.26. The highest BCUT2D eigenvalue weighted by Gasteiger charge is 2.10. The summed E-state index contributed by atoms with van der Waals surface area (Å²) < 4.78 is 1.07. The Morgan fingerprint density at radius 1 is 1.29 bits per heavy atom. The van der Waals surface area contributed by atoms with Crippen LogP contribution < -0.4 is 0 Å². The summed E-state index contributed by atoms with van der Waals surface area (Å²) in [5.41, 5.74) is 1.18. The van der Waals surface area contributed by atoms with E-state index in [1.807, 2.05) is 26.2 Å². The monoisotopic (exact) mass is 257 g/mol. The second kappa shape index (κ2) is 5.49. The molecule has 14 heavy (non-hydrogen) atoms. The Morgan fingerprint density at radius 3 is 2.29 bits per heavy atom. The van der Waals surface area contributed by atoms with E-state index in [-0.39, 0.29) is 12.5 Å². The highest BCUT2D eigenvalue weighted by atomic mass is 79.9. The van der Waals surface area contributed by atoms with E-state index < -0.39 is 0 Å². The number of hydrogen-bond donors (Lipinski definition) is 1. The number of nitrogens with zero attached hydrogens (tertiary/aromatic N) is 1. The number of hydrogen-bond acceptors (Lipinski definition) is 2. The van der Waals surface area contributed by atoms with Crippen molar-refractivity contribution in [3.05, 3.63) is 34.3 Å². The van der Waals surface area contributed by atoms with Gasteiger partial charge >= 0.3 is 0 Å². The van der Waals surface area contributed by atoms with Gasteiger partial charge in [-0.05, 0) is 31.8 Å². The zero-order valence-corrected chi connectivity index (χ0v) is 10.2. The first-order valence-corrected chi connectivity index (χ1v) is 5.44. The highest BCUT2D eigenvalue weighted by Crippen LogP contribution is 2.18. The van der Waals surface area contributed by atoms with Gasteiger partial charge in [-0.1, -0.05) is 28.1 Å². The summed E-state index contributed by atoms with van der Waals surface area (Å²) in [4.78, 5) is 2.09. The number of aliphatic hydroxyl groups excluding tert-OH is 1. The SMILES string of the molecule is CN(C)CC(CO)c1ccc(Br)cc1. The quantitative estimate of drug-likeness (QED) is 0.893. The summed E-state index contributed by atoms with van der Waals surface area (Å²) in [6.07, 6.45) is 0. The minimum absolute atomic E-state index is 0.194. The predicted octanol–water partition coefficient (Wildman–Crippen LogP) is 2.09. The van der Waals surface area contributed by atoms with Gasteiger partial charge < -0.3 is 10.0 Å². The predicted molar refractivity (Wildman–Crippen MR) is 62.5 cm³/mol. The molecule has 0 aliphatic heterocycles. The Bertz CT molecular complexity index is 271. The Kier molecular flexibility index (Phi) is 4.58. The summed E-state index contributed by atoms with van der Waals surface area (Å²) in [6, 6.07) is 8.12.